The van der Waals surface area contributed by atoms with E-state index in [0.29, 0.717) is 0 Å². The molecule has 27 heavy (non-hydrogen) atoms. The summed E-state index contributed by atoms with van der Waals surface area (Å²) in [6.07, 6.45) is 7.28. The van der Waals surface area contributed by atoms with Crippen molar-refractivity contribution in [3.63, 3.8) is 0 Å². The van der Waals surface area contributed by atoms with E-state index in [1.165, 1.54) is 38.8 Å². The van der Waals surface area contributed by atoms with E-state index in [-0.39, 0.29) is 11.8 Å². The van der Waals surface area contributed by atoms with Gasteiger partial charge in [-0.2, -0.15) is 0 Å². The normalized spacial score (nSPS) is 21.9. The standard InChI is InChI=1S/C21H31N5O/c27-20(22-11-15-25-12-5-1-2-6-13-25)17-8-7-14-26(16-17)21-23-18-9-3-4-10-19(18)24-21/h3-4,9-10,17H,1-2,5-8,11-16H2,(H,22,27)(H,23,24). The summed E-state index contributed by atoms with van der Waals surface area (Å²) in [5, 5.41) is 3.18. The van der Waals surface area contributed by atoms with E-state index in [1.54, 1.807) is 0 Å². The van der Waals surface area contributed by atoms with E-state index >= 15 is 0 Å². The Labute approximate surface area is 161 Å². The first-order chi connectivity index (χ1) is 13.3. The van der Waals surface area contributed by atoms with Crippen molar-refractivity contribution in [2.24, 2.45) is 5.92 Å². The highest BCUT2D eigenvalue weighted by Crippen LogP contribution is 2.23. The number of H-pyrrole nitrogens is 1. The van der Waals surface area contributed by atoms with Gasteiger partial charge in [0.05, 0.1) is 17.0 Å². The van der Waals surface area contributed by atoms with Gasteiger partial charge in [0.25, 0.3) is 0 Å². The van der Waals surface area contributed by atoms with Crippen molar-refractivity contribution in [3.8, 4) is 0 Å². The predicted octanol–water partition coefficient (Wildman–Crippen LogP) is 2.77. The minimum Gasteiger partial charge on any atom is -0.355 e. The molecule has 2 saturated heterocycles. The molecule has 0 aliphatic carbocycles. The number of anilines is 1. The fraction of sp³-hybridized carbons (Fsp3) is 0.619. The highest BCUT2D eigenvalue weighted by Gasteiger charge is 2.27. The first-order valence-electron chi connectivity index (χ1n) is 10.5. The zero-order valence-electron chi connectivity index (χ0n) is 16.1. The summed E-state index contributed by atoms with van der Waals surface area (Å²) in [7, 11) is 0. The molecule has 2 fully saturated rings. The average molecular weight is 370 g/mol. The van der Waals surface area contributed by atoms with Gasteiger partial charge in [0.2, 0.25) is 11.9 Å². The lowest BCUT2D eigenvalue weighted by Crippen LogP contribution is -2.45. The number of hydrogen-bond donors (Lipinski definition) is 2. The van der Waals surface area contributed by atoms with Crippen molar-refractivity contribution < 1.29 is 4.79 Å². The van der Waals surface area contributed by atoms with Crippen LogP contribution in [0, 0.1) is 5.92 Å². The number of fused-ring (bicyclic) bond motifs is 1. The largest absolute Gasteiger partial charge is 0.355 e. The van der Waals surface area contributed by atoms with Crippen LogP contribution < -0.4 is 10.2 Å². The van der Waals surface area contributed by atoms with Crippen LogP contribution in [0.5, 0.6) is 0 Å². The Kier molecular flexibility index (Phi) is 5.92. The summed E-state index contributed by atoms with van der Waals surface area (Å²) < 4.78 is 0. The molecule has 1 aromatic carbocycles. The molecule has 146 valence electrons. The molecule has 1 amide bonds. The van der Waals surface area contributed by atoms with Gasteiger partial charge in [-0.05, 0) is 50.9 Å². The lowest BCUT2D eigenvalue weighted by Gasteiger charge is -2.32. The molecule has 1 atom stereocenters. The second kappa shape index (κ2) is 8.74. The van der Waals surface area contributed by atoms with Crippen molar-refractivity contribution in [3.05, 3.63) is 24.3 Å². The van der Waals surface area contributed by atoms with Gasteiger partial charge < -0.3 is 20.1 Å². The van der Waals surface area contributed by atoms with Gasteiger partial charge in [-0.25, -0.2) is 4.98 Å². The number of hydrogen-bond acceptors (Lipinski definition) is 4. The quantitative estimate of drug-likeness (QED) is 0.851. The average Bonchev–Trinajstić information content (AvgIpc) is 2.97. The summed E-state index contributed by atoms with van der Waals surface area (Å²) in [6, 6.07) is 8.08. The molecule has 1 unspecified atom stereocenters. The Hall–Kier alpha value is -2.08. The predicted molar refractivity (Wildman–Crippen MR) is 109 cm³/mol. The molecule has 1 aromatic heterocycles. The Morgan fingerprint density at radius 1 is 1.11 bits per heavy atom. The second-order valence-electron chi connectivity index (χ2n) is 7.91. The Balaban J connectivity index is 1.28. The van der Waals surface area contributed by atoms with Crippen molar-refractivity contribution in [2.45, 2.75) is 38.5 Å². The number of aromatic amines is 1. The number of aromatic nitrogens is 2. The summed E-state index contributed by atoms with van der Waals surface area (Å²) in [5.74, 6) is 1.14. The fourth-order valence-electron chi connectivity index (χ4n) is 4.31. The van der Waals surface area contributed by atoms with Gasteiger partial charge in [0, 0.05) is 26.2 Å². The molecule has 2 N–H and O–H groups in total. The molecule has 0 saturated carbocycles. The maximum absolute atomic E-state index is 12.7. The third-order valence-corrected chi connectivity index (χ3v) is 5.89. The maximum Gasteiger partial charge on any atom is 0.224 e. The van der Waals surface area contributed by atoms with E-state index in [2.05, 4.69) is 20.1 Å². The highest BCUT2D eigenvalue weighted by atomic mass is 16.1. The number of para-hydroxylation sites is 2. The lowest BCUT2D eigenvalue weighted by atomic mass is 9.97. The summed E-state index contributed by atoms with van der Waals surface area (Å²) in [4.78, 5) is 25.5. The van der Waals surface area contributed by atoms with E-state index < -0.39 is 0 Å². The SMILES string of the molecule is O=C(NCCN1CCCCCC1)C1CCCN(c2nc3ccccc3[nH]2)C1. The van der Waals surface area contributed by atoms with Crippen LogP contribution in [0.15, 0.2) is 24.3 Å². The summed E-state index contributed by atoms with van der Waals surface area (Å²) >= 11 is 0. The van der Waals surface area contributed by atoms with Crippen molar-refractivity contribution in [2.75, 3.05) is 44.2 Å². The number of likely N-dealkylation sites (tertiary alicyclic amines) is 1. The van der Waals surface area contributed by atoms with Crippen molar-refractivity contribution >= 4 is 22.9 Å². The number of nitrogens with one attached hydrogen (secondary N) is 2. The minimum absolute atomic E-state index is 0.0519. The third kappa shape index (κ3) is 4.61. The first-order valence-corrected chi connectivity index (χ1v) is 10.5. The molecule has 0 radical (unpaired) electrons. The molecule has 2 aliphatic rings. The molecular weight excluding hydrogens is 338 g/mol. The topological polar surface area (TPSA) is 64.3 Å². The van der Waals surface area contributed by atoms with Crippen molar-refractivity contribution in [1.29, 1.82) is 0 Å². The maximum atomic E-state index is 12.7. The van der Waals surface area contributed by atoms with E-state index in [1.807, 2.05) is 24.3 Å². The fourth-order valence-corrected chi connectivity index (χ4v) is 4.31. The number of imidazole rings is 1. The van der Waals surface area contributed by atoms with Gasteiger partial charge in [-0.15, -0.1) is 0 Å². The highest BCUT2D eigenvalue weighted by molar-refractivity contribution is 5.80. The van der Waals surface area contributed by atoms with Crippen LogP contribution in [0.3, 0.4) is 0 Å². The lowest BCUT2D eigenvalue weighted by molar-refractivity contribution is -0.125. The Bertz CT molecular complexity index is 717. The van der Waals surface area contributed by atoms with Crippen LogP contribution in [0.25, 0.3) is 11.0 Å². The number of carbonyl (C=O) groups is 1. The number of carbonyl (C=O) groups excluding carboxylic acids is 1. The van der Waals surface area contributed by atoms with Crippen LogP contribution in [-0.2, 0) is 4.79 Å². The first kappa shape index (κ1) is 18.3. The molecule has 0 spiro atoms. The monoisotopic (exact) mass is 369 g/mol. The van der Waals surface area contributed by atoms with E-state index in [9.17, 15) is 4.79 Å². The number of nitrogens with zero attached hydrogens (tertiary/aromatic N) is 3. The molecule has 6 nitrogen and oxygen atoms in total. The molecule has 3 heterocycles. The minimum atomic E-state index is 0.0519. The van der Waals surface area contributed by atoms with Crippen LogP contribution in [-0.4, -0.2) is 60.0 Å². The number of benzene rings is 1. The zero-order chi connectivity index (χ0) is 18.5. The van der Waals surface area contributed by atoms with Gasteiger partial charge in [-0.1, -0.05) is 25.0 Å². The second-order valence-corrected chi connectivity index (χ2v) is 7.91. The van der Waals surface area contributed by atoms with Crippen LogP contribution in [0.2, 0.25) is 0 Å². The Morgan fingerprint density at radius 3 is 2.74 bits per heavy atom. The molecule has 2 aromatic rings. The van der Waals surface area contributed by atoms with Gasteiger partial charge in [-0.3, -0.25) is 4.79 Å². The van der Waals surface area contributed by atoms with Crippen LogP contribution in [0.1, 0.15) is 38.5 Å². The van der Waals surface area contributed by atoms with E-state index in [4.69, 9.17) is 4.98 Å². The van der Waals surface area contributed by atoms with Crippen molar-refractivity contribution in [1.82, 2.24) is 20.2 Å². The third-order valence-electron chi connectivity index (χ3n) is 5.89. The molecule has 2 aliphatic heterocycles. The number of piperidine rings is 1. The summed E-state index contributed by atoms with van der Waals surface area (Å²) in [6.45, 7) is 5.80. The Morgan fingerprint density at radius 2 is 1.93 bits per heavy atom. The number of amides is 1. The zero-order valence-corrected chi connectivity index (χ0v) is 16.1. The van der Waals surface area contributed by atoms with Gasteiger partial charge in [0.1, 0.15) is 0 Å². The summed E-state index contributed by atoms with van der Waals surface area (Å²) in [5.41, 5.74) is 2.04. The molecule has 6 heteroatoms. The van der Waals surface area contributed by atoms with E-state index in [0.717, 1.165) is 56.0 Å². The van der Waals surface area contributed by atoms with Crippen LogP contribution >= 0.6 is 0 Å². The molecule has 4 rings (SSSR count). The van der Waals surface area contributed by atoms with Gasteiger partial charge in [0.15, 0.2) is 0 Å². The van der Waals surface area contributed by atoms with Crippen LogP contribution in [0.4, 0.5) is 5.95 Å². The molecular formula is C21H31N5O. The molecule has 0 bridgehead atoms. The smallest absolute Gasteiger partial charge is 0.224 e. The van der Waals surface area contributed by atoms with Gasteiger partial charge >= 0.3 is 0 Å². The number of rotatable bonds is 5.